The minimum atomic E-state index is -4.24. The summed E-state index contributed by atoms with van der Waals surface area (Å²) in [6, 6.07) is 1.28. The van der Waals surface area contributed by atoms with Crippen LogP contribution in [0.25, 0.3) is 0 Å². The van der Waals surface area contributed by atoms with Crippen molar-refractivity contribution in [3.05, 3.63) is 23.8 Å². The molecule has 4 nitrogen and oxygen atoms in total. The molecular weight excluding hydrogens is 306 g/mol. The summed E-state index contributed by atoms with van der Waals surface area (Å²) in [5.74, 6) is -1.80. The van der Waals surface area contributed by atoms with Crippen LogP contribution in [0.4, 0.5) is 14.5 Å². The molecule has 1 aromatic rings. The van der Waals surface area contributed by atoms with Crippen LogP contribution in [0.1, 0.15) is 13.3 Å². The maximum atomic E-state index is 13.8. The van der Waals surface area contributed by atoms with Gasteiger partial charge in [-0.1, -0.05) is 6.92 Å². The van der Waals surface area contributed by atoms with Crippen LogP contribution >= 0.6 is 11.8 Å². The van der Waals surface area contributed by atoms with Crippen molar-refractivity contribution in [1.29, 1.82) is 0 Å². The number of sulfonamides is 1. The average molecular weight is 324 g/mol. The summed E-state index contributed by atoms with van der Waals surface area (Å²) in [6.07, 6.45) is 2.39. The topological polar surface area (TPSA) is 63.4 Å². The van der Waals surface area contributed by atoms with Crippen LogP contribution in [0.15, 0.2) is 17.0 Å². The molecule has 0 radical (unpaired) electrons. The fourth-order valence-electron chi connectivity index (χ4n) is 1.84. The Labute approximate surface area is 122 Å². The summed E-state index contributed by atoms with van der Waals surface area (Å²) >= 11 is 1.47. The molecule has 114 valence electrons. The van der Waals surface area contributed by atoms with Crippen LogP contribution in [-0.2, 0) is 10.0 Å². The van der Waals surface area contributed by atoms with E-state index in [0.29, 0.717) is 12.2 Å². The normalized spacial score (nSPS) is 13.7. The number of nitrogens with two attached hydrogens (primary N) is 1. The highest BCUT2D eigenvalue weighted by molar-refractivity contribution is 7.98. The quantitative estimate of drug-likeness (QED) is 0.816. The van der Waals surface area contributed by atoms with Gasteiger partial charge in [-0.3, -0.25) is 0 Å². The van der Waals surface area contributed by atoms with Gasteiger partial charge in [0.05, 0.1) is 0 Å². The van der Waals surface area contributed by atoms with Gasteiger partial charge in [0.2, 0.25) is 10.0 Å². The van der Waals surface area contributed by atoms with Crippen molar-refractivity contribution in [3.63, 3.8) is 0 Å². The van der Waals surface area contributed by atoms with E-state index in [-0.39, 0.29) is 11.7 Å². The van der Waals surface area contributed by atoms with E-state index in [9.17, 15) is 17.2 Å². The summed E-state index contributed by atoms with van der Waals surface area (Å²) in [5, 5.41) is 0. The molecule has 0 heterocycles. The molecule has 0 amide bonds. The first-order valence-corrected chi connectivity index (χ1v) is 8.80. The van der Waals surface area contributed by atoms with Gasteiger partial charge in [-0.15, -0.1) is 0 Å². The average Bonchev–Trinajstić information content (AvgIpc) is 2.33. The van der Waals surface area contributed by atoms with E-state index in [1.807, 2.05) is 13.2 Å². The number of thioether (sulfide) groups is 1. The molecule has 0 aliphatic carbocycles. The van der Waals surface area contributed by atoms with E-state index < -0.39 is 26.6 Å². The summed E-state index contributed by atoms with van der Waals surface area (Å²) in [6.45, 7) is 1.82. The highest BCUT2D eigenvalue weighted by Gasteiger charge is 2.32. The second kappa shape index (κ2) is 6.73. The van der Waals surface area contributed by atoms with E-state index in [4.69, 9.17) is 5.73 Å². The van der Waals surface area contributed by atoms with Crippen molar-refractivity contribution in [2.75, 3.05) is 24.8 Å². The number of rotatable bonds is 6. The molecule has 0 saturated carbocycles. The molecular formula is C12H18F2N2O2S2. The Morgan fingerprint density at radius 2 is 1.85 bits per heavy atom. The Kier molecular flexibility index (Phi) is 5.79. The maximum absolute atomic E-state index is 13.8. The Morgan fingerprint density at radius 3 is 2.25 bits per heavy atom. The van der Waals surface area contributed by atoms with Gasteiger partial charge in [-0.25, -0.2) is 17.2 Å². The third-order valence-electron chi connectivity index (χ3n) is 3.00. The second-order valence-corrected chi connectivity index (χ2v) is 7.20. The Balaban J connectivity index is 3.30. The molecule has 0 aliphatic rings. The smallest absolute Gasteiger partial charge is 0.248 e. The van der Waals surface area contributed by atoms with Crippen LogP contribution in [0.5, 0.6) is 0 Å². The number of halogens is 2. The van der Waals surface area contributed by atoms with E-state index in [2.05, 4.69) is 0 Å². The number of hydrogen-bond donors (Lipinski definition) is 1. The van der Waals surface area contributed by atoms with Crippen molar-refractivity contribution in [1.82, 2.24) is 4.31 Å². The lowest BCUT2D eigenvalue weighted by Crippen LogP contribution is -2.39. The molecule has 0 bridgehead atoms. The molecule has 20 heavy (non-hydrogen) atoms. The van der Waals surface area contributed by atoms with Crippen LogP contribution < -0.4 is 5.73 Å². The molecule has 8 heteroatoms. The zero-order valence-corrected chi connectivity index (χ0v) is 13.2. The minimum Gasteiger partial charge on any atom is -0.399 e. The van der Waals surface area contributed by atoms with E-state index in [0.717, 1.165) is 16.4 Å². The van der Waals surface area contributed by atoms with E-state index in [1.54, 1.807) is 0 Å². The monoisotopic (exact) mass is 324 g/mol. The summed E-state index contributed by atoms with van der Waals surface area (Å²) < 4.78 is 53.3. The summed E-state index contributed by atoms with van der Waals surface area (Å²) in [7, 11) is -2.91. The lowest BCUT2D eigenvalue weighted by atomic mass is 10.3. The Bertz CT molecular complexity index is 556. The van der Waals surface area contributed by atoms with Gasteiger partial charge in [0, 0.05) is 24.5 Å². The van der Waals surface area contributed by atoms with Gasteiger partial charge in [-0.2, -0.15) is 16.1 Å². The van der Waals surface area contributed by atoms with Crippen molar-refractivity contribution in [2.24, 2.45) is 0 Å². The second-order valence-electron chi connectivity index (χ2n) is 4.35. The largest absolute Gasteiger partial charge is 0.399 e. The van der Waals surface area contributed by atoms with Crippen molar-refractivity contribution in [3.8, 4) is 0 Å². The first-order chi connectivity index (χ1) is 9.25. The Morgan fingerprint density at radius 1 is 1.35 bits per heavy atom. The van der Waals surface area contributed by atoms with Crippen molar-refractivity contribution in [2.45, 2.75) is 24.3 Å². The predicted molar refractivity (Wildman–Crippen MR) is 78.2 cm³/mol. The highest BCUT2D eigenvalue weighted by atomic mass is 32.2. The third-order valence-corrected chi connectivity index (χ3v) is 5.68. The predicted octanol–water partition coefficient (Wildman–Crippen LogP) is 2.31. The molecule has 1 rings (SSSR count). The van der Waals surface area contributed by atoms with Gasteiger partial charge in [-0.05, 0) is 24.8 Å². The molecule has 0 saturated heterocycles. The van der Waals surface area contributed by atoms with Gasteiger partial charge in [0.1, 0.15) is 11.6 Å². The van der Waals surface area contributed by atoms with Crippen LogP contribution in [0.2, 0.25) is 0 Å². The number of nitrogen functional groups attached to an aromatic ring is 1. The van der Waals surface area contributed by atoms with Gasteiger partial charge < -0.3 is 5.73 Å². The Hall–Kier alpha value is -0.860. The molecule has 1 atom stereocenters. The first kappa shape index (κ1) is 17.2. The highest BCUT2D eigenvalue weighted by Crippen LogP contribution is 2.26. The summed E-state index contributed by atoms with van der Waals surface area (Å²) in [4.78, 5) is -0.950. The zero-order chi connectivity index (χ0) is 15.5. The molecule has 1 aromatic carbocycles. The van der Waals surface area contributed by atoms with Crippen LogP contribution in [0, 0.1) is 11.6 Å². The lowest BCUT2D eigenvalue weighted by Gasteiger charge is -2.26. The maximum Gasteiger partial charge on any atom is 0.248 e. The zero-order valence-electron chi connectivity index (χ0n) is 11.6. The number of benzene rings is 1. The molecule has 0 aromatic heterocycles. The van der Waals surface area contributed by atoms with Gasteiger partial charge in [0.15, 0.2) is 4.90 Å². The lowest BCUT2D eigenvalue weighted by molar-refractivity contribution is 0.379. The molecule has 2 N–H and O–H groups in total. The fraction of sp³-hybridized carbons (Fsp3) is 0.500. The molecule has 0 aliphatic heterocycles. The third kappa shape index (κ3) is 3.42. The number of hydrogen-bond acceptors (Lipinski definition) is 4. The van der Waals surface area contributed by atoms with Crippen LogP contribution in [0.3, 0.4) is 0 Å². The van der Waals surface area contributed by atoms with Crippen molar-refractivity contribution < 1.29 is 17.2 Å². The summed E-state index contributed by atoms with van der Waals surface area (Å²) in [5.41, 5.74) is 5.13. The standard InChI is InChI=1S/C12H18F2N2O2S2/c1-4-9(7-19-3)16(2)20(17,18)12-10(13)5-8(15)6-11(12)14/h5-6,9H,4,7,15H2,1-3H3. The van der Waals surface area contributed by atoms with Crippen LogP contribution in [-0.4, -0.2) is 37.8 Å². The van der Waals surface area contributed by atoms with E-state index in [1.165, 1.54) is 18.8 Å². The molecule has 0 fully saturated rings. The SMILES string of the molecule is CCC(CSC)N(C)S(=O)(=O)c1c(F)cc(N)cc1F. The fourth-order valence-corrected chi connectivity index (χ4v) is 4.29. The molecule has 0 spiro atoms. The minimum absolute atomic E-state index is 0.155. The van der Waals surface area contributed by atoms with E-state index >= 15 is 0 Å². The van der Waals surface area contributed by atoms with Gasteiger partial charge in [0.25, 0.3) is 0 Å². The first-order valence-electron chi connectivity index (χ1n) is 5.97. The van der Waals surface area contributed by atoms with Crippen molar-refractivity contribution >= 4 is 27.5 Å². The molecule has 1 unspecified atom stereocenters. The number of nitrogens with zero attached hydrogens (tertiary/aromatic N) is 1. The van der Waals surface area contributed by atoms with Gasteiger partial charge >= 0.3 is 0 Å². The number of anilines is 1.